The summed E-state index contributed by atoms with van der Waals surface area (Å²) in [5, 5.41) is 0. The van der Waals surface area contributed by atoms with Gasteiger partial charge in [0.25, 0.3) is 0 Å². The predicted molar refractivity (Wildman–Crippen MR) is 55.9 cm³/mol. The van der Waals surface area contributed by atoms with Gasteiger partial charge in [0, 0.05) is 40.0 Å². The Morgan fingerprint density at radius 2 is 1.36 bits per heavy atom. The molecule has 0 aliphatic rings. The molecule has 0 saturated heterocycles. The van der Waals surface area contributed by atoms with E-state index in [9.17, 15) is 9.59 Å². The molecule has 0 aliphatic heterocycles. The fourth-order valence-electron chi connectivity index (χ4n) is 1.17. The van der Waals surface area contributed by atoms with Gasteiger partial charge in [-0.15, -0.1) is 0 Å². The number of carbonyl (C=O) groups is 2. The molecule has 4 heteroatoms. The Hall–Kier alpha value is -1.06. The third-order valence-electron chi connectivity index (χ3n) is 2.17. The van der Waals surface area contributed by atoms with Crippen molar-refractivity contribution in [3.05, 3.63) is 0 Å². The van der Waals surface area contributed by atoms with E-state index in [1.54, 1.807) is 19.0 Å². The van der Waals surface area contributed by atoms with E-state index in [-0.39, 0.29) is 11.8 Å². The van der Waals surface area contributed by atoms with Crippen LogP contribution in [0.25, 0.3) is 0 Å². The maximum absolute atomic E-state index is 11.5. The summed E-state index contributed by atoms with van der Waals surface area (Å²) in [7, 11) is 3.40. The highest BCUT2D eigenvalue weighted by atomic mass is 16.2. The lowest BCUT2D eigenvalue weighted by Gasteiger charge is -2.18. The molecule has 0 fully saturated rings. The molecule has 0 unspecified atom stereocenters. The van der Waals surface area contributed by atoms with E-state index in [1.165, 1.54) is 4.90 Å². The summed E-state index contributed by atoms with van der Waals surface area (Å²) >= 11 is 0. The molecule has 0 aromatic rings. The first kappa shape index (κ1) is 12.9. The van der Waals surface area contributed by atoms with Crippen LogP contribution < -0.4 is 0 Å². The number of amides is 2. The molecule has 0 aromatic carbocycles. The summed E-state index contributed by atoms with van der Waals surface area (Å²) in [4.78, 5) is 25.9. The Bertz CT molecular complexity index is 198. The minimum absolute atomic E-state index is 0.00510. The van der Waals surface area contributed by atoms with Crippen LogP contribution in [0.5, 0.6) is 0 Å². The SMILES string of the molecule is CCN(CC)C(=O)CCC(=O)N(C)C. The standard InChI is InChI=1S/C10H20N2O2/c1-5-12(6-2)10(14)8-7-9(13)11(3)4/h5-8H2,1-4H3. The summed E-state index contributed by atoms with van der Waals surface area (Å²) in [6, 6.07) is 0. The molecule has 0 saturated carbocycles. The summed E-state index contributed by atoms with van der Waals surface area (Å²) in [5.41, 5.74) is 0. The Balaban J connectivity index is 3.89. The zero-order valence-electron chi connectivity index (χ0n) is 9.54. The number of nitrogens with zero attached hydrogens (tertiary/aromatic N) is 2. The lowest BCUT2D eigenvalue weighted by Crippen LogP contribution is -2.31. The fourth-order valence-corrected chi connectivity index (χ4v) is 1.17. The predicted octanol–water partition coefficient (Wildman–Crippen LogP) is 0.723. The number of hydrogen-bond donors (Lipinski definition) is 0. The Morgan fingerprint density at radius 3 is 1.71 bits per heavy atom. The molecule has 0 radical (unpaired) electrons. The zero-order valence-corrected chi connectivity index (χ0v) is 9.54. The van der Waals surface area contributed by atoms with Crippen molar-refractivity contribution in [2.45, 2.75) is 26.7 Å². The molecule has 0 atom stereocenters. The summed E-state index contributed by atoms with van der Waals surface area (Å²) < 4.78 is 0. The van der Waals surface area contributed by atoms with Crippen molar-refractivity contribution in [2.24, 2.45) is 0 Å². The molecule has 4 nitrogen and oxygen atoms in total. The van der Waals surface area contributed by atoms with Gasteiger partial charge in [0.05, 0.1) is 0 Å². The van der Waals surface area contributed by atoms with Crippen molar-refractivity contribution in [1.82, 2.24) is 9.80 Å². The van der Waals surface area contributed by atoms with Crippen LogP contribution in [0.4, 0.5) is 0 Å². The van der Waals surface area contributed by atoms with E-state index in [0.29, 0.717) is 25.9 Å². The third-order valence-corrected chi connectivity index (χ3v) is 2.17. The van der Waals surface area contributed by atoms with Gasteiger partial charge < -0.3 is 9.80 Å². The highest BCUT2D eigenvalue weighted by Gasteiger charge is 2.12. The maximum Gasteiger partial charge on any atom is 0.223 e. The molecule has 82 valence electrons. The summed E-state index contributed by atoms with van der Waals surface area (Å²) in [6.45, 7) is 5.31. The van der Waals surface area contributed by atoms with Crippen molar-refractivity contribution in [1.29, 1.82) is 0 Å². The van der Waals surface area contributed by atoms with Gasteiger partial charge in [-0.25, -0.2) is 0 Å². The molecule has 0 rings (SSSR count). The first-order valence-corrected chi connectivity index (χ1v) is 5.00. The highest BCUT2D eigenvalue weighted by molar-refractivity contribution is 5.83. The monoisotopic (exact) mass is 200 g/mol. The summed E-state index contributed by atoms with van der Waals surface area (Å²) in [6.07, 6.45) is 0.626. The molecule has 0 bridgehead atoms. The van der Waals surface area contributed by atoms with Crippen LogP contribution in [0.1, 0.15) is 26.7 Å². The first-order valence-electron chi connectivity index (χ1n) is 5.00. The highest BCUT2D eigenvalue weighted by Crippen LogP contribution is 1.99. The average Bonchev–Trinajstić information content (AvgIpc) is 2.15. The molecule has 0 aliphatic carbocycles. The quantitative estimate of drug-likeness (QED) is 0.656. The second-order valence-corrected chi connectivity index (χ2v) is 3.35. The molecular formula is C10H20N2O2. The minimum atomic E-state index is 0.00510. The minimum Gasteiger partial charge on any atom is -0.349 e. The molecule has 0 aromatic heterocycles. The molecule has 2 amide bonds. The van der Waals surface area contributed by atoms with Crippen LogP contribution in [-0.2, 0) is 9.59 Å². The van der Waals surface area contributed by atoms with E-state index >= 15 is 0 Å². The fraction of sp³-hybridized carbons (Fsp3) is 0.800. The summed E-state index contributed by atoms with van der Waals surface area (Å²) in [5.74, 6) is 0.0655. The van der Waals surface area contributed by atoms with Gasteiger partial charge in [-0.05, 0) is 13.8 Å². The van der Waals surface area contributed by atoms with Gasteiger partial charge in [-0.2, -0.15) is 0 Å². The zero-order chi connectivity index (χ0) is 11.1. The van der Waals surface area contributed by atoms with E-state index in [0.717, 1.165) is 0 Å². The molecule has 0 heterocycles. The molecular weight excluding hydrogens is 180 g/mol. The Labute approximate surface area is 85.9 Å². The van der Waals surface area contributed by atoms with Crippen molar-refractivity contribution in [2.75, 3.05) is 27.2 Å². The van der Waals surface area contributed by atoms with E-state index in [2.05, 4.69) is 0 Å². The van der Waals surface area contributed by atoms with Crippen molar-refractivity contribution < 1.29 is 9.59 Å². The molecule has 14 heavy (non-hydrogen) atoms. The van der Waals surface area contributed by atoms with Gasteiger partial charge in [-0.3, -0.25) is 9.59 Å². The third kappa shape index (κ3) is 4.25. The van der Waals surface area contributed by atoms with Crippen LogP contribution in [0.2, 0.25) is 0 Å². The van der Waals surface area contributed by atoms with Crippen LogP contribution in [0.15, 0.2) is 0 Å². The van der Waals surface area contributed by atoms with E-state index in [4.69, 9.17) is 0 Å². The van der Waals surface area contributed by atoms with Crippen molar-refractivity contribution >= 4 is 11.8 Å². The Morgan fingerprint density at radius 1 is 0.929 bits per heavy atom. The largest absolute Gasteiger partial charge is 0.349 e. The lowest BCUT2D eigenvalue weighted by atomic mass is 10.2. The van der Waals surface area contributed by atoms with Gasteiger partial charge in [-0.1, -0.05) is 0 Å². The molecule has 0 spiro atoms. The van der Waals surface area contributed by atoms with Crippen LogP contribution >= 0.6 is 0 Å². The number of hydrogen-bond acceptors (Lipinski definition) is 2. The Kier molecular flexibility index (Phi) is 5.92. The topological polar surface area (TPSA) is 40.6 Å². The lowest BCUT2D eigenvalue weighted by molar-refractivity contribution is -0.135. The van der Waals surface area contributed by atoms with Gasteiger partial charge >= 0.3 is 0 Å². The van der Waals surface area contributed by atoms with E-state index in [1.807, 2.05) is 13.8 Å². The second kappa shape index (κ2) is 6.40. The molecule has 0 N–H and O–H groups in total. The van der Waals surface area contributed by atoms with Crippen LogP contribution in [0.3, 0.4) is 0 Å². The van der Waals surface area contributed by atoms with Crippen LogP contribution in [0, 0.1) is 0 Å². The normalized spacial score (nSPS) is 9.71. The van der Waals surface area contributed by atoms with Gasteiger partial charge in [0.1, 0.15) is 0 Å². The second-order valence-electron chi connectivity index (χ2n) is 3.35. The average molecular weight is 200 g/mol. The van der Waals surface area contributed by atoms with Crippen molar-refractivity contribution in [3.63, 3.8) is 0 Å². The maximum atomic E-state index is 11.5. The van der Waals surface area contributed by atoms with E-state index < -0.39 is 0 Å². The number of carbonyl (C=O) groups excluding carboxylic acids is 2. The van der Waals surface area contributed by atoms with Crippen molar-refractivity contribution in [3.8, 4) is 0 Å². The first-order chi connectivity index (χ1) is 6.52. The van der Waals surface area contributed by atoms with Crippen LogP contribution in [-0.4, -0.2) is 48.8 Å². The van der Waals surface area contributed by atoms with Gasteiger partial charge in [0.15, 0.2) is 0 Å². The van der Waals surface area contributed by atoms with Gasteiger partial charge in [0.2, 0.25) is 11.8 Å². The smallest absolute Gasteiger partial charge is 0.223 e. The number of rotatable bonds is 5.